The van der Waals surface area contributed by atoms with Gasteiger partial charge >= 0.3 is 6.18 Å². The summed E-state index contributed by atoms with van der Waals surface area (Å²) in [6.07, 6.45) is -2.95. The van der Waals surface area contributed by atoms with Crippen molar-refractivity contribution in [3.8, 4) is 17.3 Å². The lowest BCUT2D eigenvalue weighted by Crippen LogP contribution is -2.45. The molecule has 1 aromatic heterocycles. The van der Waals surface area contributed by atoms with Gasteiger partial charge in [0.2, 0.25) is 5.95 Å². The van der Waals surface area contributed by atoms with Crippen LogP contribution in [-0.2, 0) is 6.18 Å². The highest BCUT2D eigenvalue weighted by Gasteiger charge is 2.35. The highest BCUT2D eigenvalue weighted by Crippen LogP contribution is 2.39. The second kappa shape index (κ2) is 8.85. The molecule has 1 N–H and O–H groups in total. The summed E-state index contributed by atoms with van der Waals surface area (Å²) in [5, 5.41) is 11.8. The number of nitrogens with one attached hydrogen (secondary N) is 1. The summed E-state index contributed by atoms with van der Waals surface area (Å²) in [7, 11) is 1.96. The molecule has 164 valence electrons. The number of anilines is 3. The minimum atomic E-state index is -4.48. The number of aromatic nitrogens is 2. The van der Waals surface area contributed by atoms with Gasteiger partial charge in [-0.1, -0.05) is 12.1 Å². The van der Waals surface area contributed by atoms with E-state index in [0.717, 1.165) is 11.6 Å². The zero-order valence-electron chi connectivity index (χ0n) is 17.4. The van der Waals surface area contributed by atoms with E-state index < -0.39 is 11.7 Å². The van der Waals surface area contributed by atoms with Crippen LogP contribution in [0.3, 0.4) is 0 Å². The zero-order valence-corrected chi connectivity index (χ0v) is 17.4. The molecule has 9 heteroatoms. The topological polar surface area (TPSA) is 68.1 Å². The predicted octanol–water partition coefficient (Wildman–Crippen LogP) is 4.53. The summed E-state index contributed by atoms with van der Waals surface area (Å²) >= 11 is 0. The monoisotopic (exact) mass is 438 g/mol. The fourth-order valence-electron chi connectivity index (χ4n) is 3.59. The molecule has 2 aromatic carbocycles. The number of likely N-dealkylation sites (N-methyl/N-ethyl adjacent to an activating group) is 1. The summed E-state index contributed by atoms with van der Waals surface area (Å²) in [4.78, 5) is 12.4. The normalized spacial score (nSPS) is 14.8. The molecule has 4 rings (SSSR count). The van der Waals surface area contributed by atoms with Gasteiger partial charge in [-0.3, -0.25) is 0 Å². The largest absolute Gasteiger partial charge is 0.418 e. The van der Waals surface area contributed by atoms with Gasteiger partial charge in [-0.05, 0) is 43.4 Å². The zero-order chi connectivity index (χ0) is 22.7. The highest BCUT2D eigenvalue weighted by atomic mass is 19.4. The van der Waals surface area contributed by atoms with E-state index in [1.165, 1.54) is 12.3 Å². The Kier molecular flexibility index (Phi) is 5.97. The second-order valence-corrected chi connectivity index (χ2v) is 7.60. The van der Waals surface area contributed by atoms with Crippen molar-refractivity contribution in [1.82, 2.24) is 14.9 Å². The summed E-state index contributed by atoms with van der Waals surface area (Å²) in [5.74, 6) is 0.187. The number of rotatable bonds is 4. The van der Waals surface area contributed by atoms with Crippen molar-refractivity contribution in [3.05, 3.63) is 65.9 Å². The van der Waals surface area contributed by atoms with Crippen molar-refractivity contribution in [1.29, 1.82) is 5.26 Å². The van der Waals surface area contributed by atoms with E-state index in [2.05, 4.69) is 26.3 Å². The van der Waals surface area contributed by atoms with Gasteiger partial charge in [0.25, 0.3) is 0 Å². The van der Waals surface area contributed by atoms with Gasteiger partial charge in [-0.25, -0.2) is 9.97 Å². The van der Waals surface area contributed by atoms with Crippen LogP contribution in [0, 0.1) is 11.3 Å². The van der Waals surface area contributed by atoms with Crippen molar-refractivity contribution in [2.45, 2.75) is 6.18 Å². The number of alkyl halides is 3. The Hall–Kier alpha value is -3.64. The summed E-state index contributed by atoms with van der Waals surface area (Å²) < 4.78 is 41.5. The van der Waals surface area contributed by atoms with Gasteiger partial charge in [0.15, 0.2) is 0 Å². The molecule has 0 unspecified atom stereocenters. The Morgan fingerprint density at radius 2 is 1.72 bits per heavy atom. The molecule has 3 aromatic rings. The quantitative estimate of drug-likeness (QED) is 0.646. The third kappa shape index (κ3) is 4.81. The van der Waals surface area contributed by atoms with E-state index in [0.29, 0.717) is 37.4 Å². The molecule has 0 bridgehead atoms. The van der Waals surface area contributed by atoms with Gasteiger partial charge in [0.1, 0.15) is 0 Å². The van der Waals surface area contributed by atoms with Crippen LogP contribution in [0.4, 0.5) is 30.5 Å². The van der Waals surface area contributed by atoms with Crippen LogP contribution in [0.2, 0.25) is 0 Å². The van der Waals surface area contributed by atoms with Crippen LogP contribution in [0.5, 0.6) is 0 Å². The van der Waals surface area contributed by atoms with Crippen LogP contribution in [-0.4, -0.2) is 48.1 Å². The first-order valence-corrected chi connectivity index (χ1v) is 10.1. The first-order chi connectivity index (χ1) is 15.3. The Bertz CT molecular complexity index is 1130. The van der Waals surface area contributed by atoms with Crippen molar-refractivity contribution in [2.24, 2.45) is 0 Å². The smallest absolute Gasteiger partial charge is 0.368 e. The van der Waals surface area contributed by atoms with Gasteiger partial charge in [0.05, 0.1) is 22.9 Å². The standard InChI is InChI=1S/C23H21F3N6/c1-31-10-12-32(13-11-31)21-7-6-18(14-19(21)23(24,25)26)29-22-28-9-8-20(30-22)17-4-2-16(15-27)3-5-17/h2-9,14H,10-13H2,1H3,(H,28,29,30). The lowest BCUT2D eigenvalue weighted by Gasteiger charge is -2.35. The lowest BCUT2D eigenvalue weighted by molar-refractivity contribution is -0.137. The summed E-state index contributed by atoms with van der Waals surface area (Å²) in [5.41, 5.74) is 1.65. The molecule has 32 heavy (non-hydrogen) atoms. The van der Waals surface area contributed by atoms with Crippen molar-refractivity contribution < 1.29 is 13.2 Å². The Morgan fingerprint density at radius 1 is 1.00 bits per heavy atom. The molecule has 0 amide bonds. The summed E-state index contributed by atoms with van der Waals surface area (Å²) in [6.45, 7) is 2.52. The maximum absolute atomic E-state index is 13.8. The minimum Gasteiger partial charge on any atom is -0.368 e. The number of hydrogen-bond acceptors (Lipinski definition) is 6. The van der Waals surface area contributed by atoms with Crippen LogP contribution >= 0.6 is 0 Å². The molecular formula is C23H21F3N6. The number of halogens is 3. The SMILES string of the molecule is CN1CCN(c2ccc(Nc3nccc(-c4ccc(C#N)cc4)n3)cc2C(F)(F)F)CC1. The third-order valence-corrected chi connectivity index (χ3v) is 5.37. The second-order valence-electron chi connectivity index (χ2n) is 7.60. The number of benzene rings is 2. The van der Waals surface area contributed by atoms with E-state index >= 15 is 0 Å². The van der Waals surface area contributed by atoms with Gasteiger partial charge in [-0.2, -0.15) is 18.4 Å². The average Bonchev–Trinajstić information content (AvgIpc) is 2.79. The molecule has 0 aliphatic carbocycles. The van der Waals surface area contributed by atoms with Gasteiger partial charge in [0, 0.05) is 49.3 Å². The van der Waals surface area contributed by atoms with Crippen molar-refractivity contribution >= 4 is 17.3 Å². The third-order valence-electron chi connectivity index (χ3n) is 5.37. The molecule has 0 radical (unpaired) electrons. The first-order valence-electron chi connectivity index (χ1n) is 10.1. The van der Waals surface area contributed by atoms with Crippen LogP contribution in [0.15, 0.2) is 54.7 Å². The molecule has 1 aliphatic rings. The van der Waals surface area contributed by atoms with Crippen LogP contribution < -0.4 is 10.2 Å². The van der Waals surface area contributed by atoms with Crippen molar-refractivity contribution in [3.63, 3.8) is 0 Å². The molecule has 1 fully saturated rings. The van der Waals surface area contributed by atoms with Gasteiger partial charge < -0.3 is 15.1 Å². The number of piperazine rings is 1. The lowest BCUT2D eigenvalue weighted by atomic mass is 10.1. The molecule has 6 nitrogen and oxygen atoms in total. The Morgan fingerprint density at radius 3 is 2.38 bits per heavy atom. The number of hydrogen-bond donors (Lipinski definition) is 1. The van der Waals surface area contributed by atoms with Crippen LogP contribution in [0.1, 0.15) is 11.1 Å². The van der Waals surface area contributed by atoms with E-state index in [1.807, 2.05) is 7.05 Å². The maximum atomic E-state index is 13.8. The number of nitrogens with zero attached hydrogens (tertiary/aromatic N) is 5. The fraction of sp³-hybridized carbons (Fsp3) is 0.261. The number of nitriles is 1. The molecule has 2 heterocycles. The van der Waals surface area contributed by atoms with Crippen molar-refractivity contribution in [2.75, 3.05) is 43.4 Å². The van der Waals surface area contributed by atoms with Crippen LogP contribution in [0.25, 0.3) is 11.3 Å². The molecule has 0 saturated carbocycles. The van der Waals surface area contributed by atoms with E-state index in [4.69, 9.17) is 5.26 Å². The molecule has 1 saturated heterocycles. The molecule has 0 atom stereocenters. The maximum Gasteiger partial charge on any atom is 0.418 e. The van der Waals surface area contributed by atoms with E-state index in [-0.39, 0.29) is 17.3 Å². The minimum absolute atomic E-state index is 0.184. The highest BCUT2D eigenvalue weighted by molar-refractivity contribution is 5.66. The molecule has 1 aliphatic heterocycles. The Labute approximate surface area is 183 Å². The predicted molar refractivity (Wildman–Crippen MR) is 117 cm³/mol. The summed E-state index contributed by atoms with van der Waals surface area (Å²) in [6, 6.07) is 14.8. The van der Waals surface area contributed by atoms with Gasteiger partial charge in [-0.15, -0.1) is 0 Å². The van der Waals surface area contributed by atoms with E-state index in [9.17, 15) is 13.2 Å². The first kappa shape index (κ1) is 21.6. The molecule has 0 spiro atoms. The average molecular weight is 438 g/mol. The molecular weight excluding hydrogens is 417 g/mol. The fourth-order valence-corrected chi connectivity index (χ4v) is 3.59. The Balaban J connectivity index is 1.60. The van der Waals surface area contributed by atoms with E-state index in [1.54, 1.807) is 41.3 Å².